The Balaban J connectivity index is 1.76. The Labute approximate surface area is 167 Å². The van der Waals surface area contributed by atoms with E-state index in [1.54, 1.807) is 44.2 Å². The number of hydrogen-bond acceptors (Lipinski definition) is 6. The van der Waals surface area contributed by atoms with Crippen LogP contribution in [0.3, 0.4) is 0 Å². The van der Waals surface area contributed by atoms with Gasteiger partial charge in [-0.2, -0.15) is 0 Å². The summed E-state index contributed by atoms with van der Waals surface area (Å²) in [6.45, 7) is 3.69. The molecule has 0 unspecified atom stereocenters. The smallest absolute Gasteiger partial charge is 0.338 e. The molecule has 0 fully saturated rings. The van der Waals surface area contributed by atoms with Crippen molar-refractivity contribution in [1.29, 1.82) is 0 Å². The number of hydrogen-bond donors (Lipinski definition) is 2. The molecule has 1 heterocycles. The molecule has 7 nitrogen and oxygen atoms in total. The summed E-state index contributed by atoms with van der Waals surface area (Å²) < 4.78 is 18.7. The number of aryl methyl sites for hydroxylation is 1. The van der Waals surface area contributed by atoms with E-state index in [-0.39, 0.29) is 11.4 Å². The van der Waals surface area contributed by atoms with E-state index >= 15 is 0 Å². The molecular weight excluding hydrogens is 375 g/mol. The van der Waals surface area contributed by atoms with Gasteiger partial charge in [-0.05, 0) is 50.2 Å². The minimum atomic E-state index is -0.554. The number of carbonyl (C=O) groups excluding carboxylic acids is 2. The second-order valence-corrected chi connectivity index (χ2v) is 6.04. The van der Waals surface area contributed by atoms with Gasteiger partial charge in [0, 0.05) is 11.8 Å². The third kappa shape index (κ3) is 5.13. The second kappa shape index (κ2) is 8.92. The summed E-state index contributed by atoms with van der Waals surface area (Å²) in [4.78, 5) is 32.5. The highest BCUT2D eigenvalue weighted by Gasteiger charge is 2.13. The van der Waals surface area contributed by atoms with Crippen LogP contribution in [-0.2, 0) is 4.74 Å². The maximum absolute atomic E-state index is 13.8. The maximum atomic E-state index is 13.8. The molecule has 0 aliphatic heterocycles. The SMILES string of the molecule is CCOC(=O)c1ccc(Nc2cc(C(=O)Nc3ccccc3F)nc(C)n2)cc1. The standard InChI is InChI=1S/C21H19FN4O3/c1-3-29-21(28)14-8-10-15(11-9-14)25-19-12-18(23-13(2)24-19)20(27)26-17-7-5-4-6-16(17)22/h4-12H,3H2,1-2H3,(H,26,27)(H,23,24,25). The third-order valence-corrected chi connectivity index (χ3v) is 3.86. The van der Waals surface area contributed by atoms with Crippen molar-refractivity contribution in [3.63, 3.8) is 0 Å². The number of amides is 1. The molecule has 3 aromatic rings. The van der Waals surface area contributed by atoms with E-state index in [9.17, 15) is 14.0 Å². The minimum Gasteiger partial charge on any atom is -0.462 e. The van der Waals surface area contributed by atoms with Crippen LogP contribution in [-0.4, -0.2) is 28.5 Å². The lowest BCUT2D eigenvalue weighted by Crippen LogP contribution is -2.16. The van der Waals surface area contributed by atoms with Gasteiger partial charge in [0.25, 0.3) is 5.91 Å². The number of nitrogens with one attached hydrogen (secondary N) is 2. The molecule has 29 heavy (non-hydrogen) atoms. The van der Waals surface area contributed by atoms with E-state index < -0.39 is 17.7 Å². The van der Waals surface area contributed by atoms with Crippen LogP contribution in [0.25, 0.3) is 0 Å². The molecule has 0 atom stereocenters. The van der Waals surface area contributed by atoms with Gasteiger partial charge in [-0.15, -0.1) is 0 Å². The molecule has 2 N–H and O–H groups in total. The zero-order valence-electron chi connectivity index (χ0n) is 15.9. The molecule has 0 aliphatic rings. The maximum Gasteiger partial charge on any atom is 0.338 e. The molecule has 1 amide bonds. The summed E-state index contributed by atoms with van der Waals surface area (Å²) in [5.41, 5.74) is 1.25. The normalized spacial score (nSPS) is 10.3. The van der Waals surface area contributed by atoms with Crippen LogP contribution in [0.1, 0.15) is 33.6 Å². The molecule has 0 saturated heterocycles. The van der Waals surface area contributed by atoms with Gasteiger partial charge in [0.15, 0.2) is 0 Å². The van der Waals surface area contributed by atoms with Crippen molar-refractivity contribution in [2.75, 3.05) is 17.2 Å². The molecule has 2 aromatic carbocycles. The summed E-state index contributed by atoms with van der Waals surface area (Å²) in [5, 5.41) is 5.55. The fraction of sp³-hybridized carbons (Fsp3) is 0.143. The number of carbonyl (C=O) groups is 2. The fourth-order valence-corrected chi connectivity index (χ4v) is 2.55. The van der Waals surface area contributed by atoms with Gasteiger partial charge < -0.3 is 15.4 Å². The van der Waals surface area contributed by atoms with Crippen molar-refractivity contribution >= 4 is 29.1 Å². The first-order chi connectivity index (χ1) is 14.0. The molecule has 0 aliphatic carbocycles. The quantitative estimate of drug-likeness (QED) is 0.612. The molecule has 0 radical (unpaired) electrons. The average molecular weight is 394 g/mol. The molecule has 148 valence electrons. The molecule has 3 rings (SSSR count). The molecule has 0 saturated carbocycles. The van der Waals surface area contributed by atoms with Crippen LogP contribution in [0, 0.1) is 12.7 Å². The summed E-state index contributed by atoms with van der Waals surface area (Å²) >= 11 is 0. The highest BCUT2D eigenvalue weighted by molar-refractivity contribution is 6.03. The molecule has 0 bridgehead atoms. The number of nitrogens with zero attached hydrogens (tertiary/aromatic N) is 2. The minimum absolute atomic E-state index is 0.0674. The lowest BCUT2D eigenvalue weighted by atomic mass is 10.2. The Bertz CT molecular complexity index is 1040. The van der Waals surface area contributed by atoms with E-state index in [0.717, 1.165) is 0 Å². The van der Waals surface area contributed by atoms with Gasteiger partial charge in [-0.1, -0.05) is 12.1 Å². The van der Waals surface area contributed by atoms with Gasteiger partial charge in [-0.25, -0.2) is 19.2 Å². The summed E-state index contributed by atoms with van der Waals surface area (Å²) in [5.74, 6) is -0.728. The average Bonchev–Trinajstić information content (AvgIpc) is 2.70. The third-order valence-electron chi connectivity index (χ3n) is 3.86. The first-order valence-electron chi connectivity index (χ1n) is 8.92. The van der Waals surface area contributed by atoms with E-state index in [4.69, 9.17) is 4.74 Å². The highest BCUT2D eigenvalue weighted by Crippen LogP contribution is 2.18. The van der Waals surface area contributed by atoms with E-state index in [1.807, 2.05) is 0 Å². The predicted molar refractivity (Wildman–Crippen MR) is 107 cm³/mol. The molecule has 1 aromatic heterocycles. The van der Waals surface area contributed by atoms with Crippen molar-refractivity contribution in [2.24, 2.45) is 0 Å². The zero-order chi connectivity index (χ0) is 20.8. The van der Waals surface area contributed by atoms with Crippen molar-refractivity contribution < 1.29 is 18.7 Å². The first kappa shape index (κ1) is 19.9. The molecular formula is C21H19FN4O3. The fourth-order valence-electron chi connectivity index (χ4n) is 2.55. The van der Waals surface area contributed by atoms with Crippen LogP contribution in [0.15, 0.2) is 54.6 Å². The Kier molecular flexibility index (Phi) is 6.13. The van der Waals surface area contributed by atoms with Crippen molar-refractivity contribution in [3.8, 4) is 0 Å². The Morgan fingerprint density at radius 2 is 1.79 bits per heavy atom. The lowest BCUT2D eigenvalue weighted by Gasteiger charge is -2.10. The number of para-hydroxylation sites is 1. The Morgan fingerprint density at radius 1 is 1.07 bits per heavy atom. The van der Waals surface area contributed by atoms with Crippen molar-refractivity contribution in [3.05, 3.63) is 77.5 Å². The largest absolute Gasteiger partial charge is 0.462 e. The van der Waals surface area contributed by atoms with E-state index in [2.05, 4.69) is 20.6 Å². The number of benzene rings is 2. The van der Waals surface area contributed by atoms with E-state index in [1.165, 1.54) is 24.3 Å². The molecule has 0 spiro atoms. The van der Waals surface area contributed by atoms with E-state index in [0.29, 0.717) is 29.5 Å². The van der Waals surface area contributed by atoms with Crippen LogP contribution in [0.4, 0.5) is 21.6 Å². The summed E-state index contributed by atoms with van der Waals surface area (Å²) in [6.07, 6.45) is 0. The van der Waals surface area contributed by atoms with Gasteiger partial charge in [-0.3, -0.25) is 4.79 Å². The number of ether oxygens (including phenoxy) is 1. The van der Waals surface area contributed by atoms with Crippen molar-refractivity contribution in [2.45, 2.75) is 13.8 Å². The predicted octanol–water partition coefficient (Wildman–Crippen LogP) is 4.10. The number of aromatic nitrogens is 2. The lowest BCUT2D eigenvalue weighted by molar-refractivity contribution is 0.0526. The van der Waals surface area contributed by atoms with Gasteiger partial charge in [0.05, 0.1) is 17.9 Å². The van der Waals surface area contributed by atoms with Gasteiger partial charge >= 0.3 is 5.97 Å². The molecule has 8 heteroatoms. The van der Waals surface area contributed by atoms with Crippen LogP contribution in [0.2, 0.25) is 0 Å². The first-order valence-corrected chi connectivity index (χ1v) is 8.92. The van der Waals surface area contributed by atoms with Crippen LogP contribution in [0.5, 0.6) is 0 Å². The topological polar surface area (TPSA) is 93.2 Å². The number of esters is 1. The second-order valence-electron chi connectivity index (χ2n) is 6.04. The summed E-state index contributed by atoms with van der Waals surface area (Å²) in [7, 11) is 0. The van der Waals surface area contributed by atoms with Crippen LogP contribution >= 0.6 is 0 Å². The number of rotatable bonds is 6. The zero-order valence-corrected chi connectivity index (χ0v) is 15.9. The number of anilines is 3. The van der Waals surface area contributed by atoms with Crippen molar-refractivity contribution in [1.82, 2.24) is 9.97 Å². The Morgan fingerprint density at radius 3 is 2.48 bits per heavy atom. The van der Waals surface area contributed by atoms with Gasteiger partial charge in [0.1, 0.15) is 23.2 Å². The van der Waals surface area contributed by atoms with Gasteiger partial charge in [0.2, 0.25) is 0 Å². The van der Waals surface area contributed by atoms with Crippen LogP contribution < -0.4 is 10.6 Å². The summed E-state index contributed by atoms with van der Waals surface area (Å²) in [6, 6.07) is 14.0. The Hall–Kier alpha value is -3.81. The monoisotopic (exact) mass is 394 g/mol. The highest BCUT2D eigenvalue weighted by atomic mass is 19.1. The number of halogens is 1.